The SMILES string of the molecule is N#Cc1cc(-c2ccc(F)cc2)c2c(n1)=CC(CN1C(=O)CCC1=O)=CCC=2. The molecule has 0 radical (unpaired) electrons. The first-order chi connectivity index (χ1) is 13.5. The highest BCUT2D eigenvalue weighted by Crippen LogP contribution is 2.18. The molecule has 0 atom stereocenters. The second-order valence-electron chi connectivity index (χ2n) is 6.71. The van der Waals surface area contributed by atoms with Gasteiger partial charge in [-0.05, 0) is 47.4 Å². The third-order valence-corrected chi connectivity index (χ3v) is 4.88. The van der Waals surface area contributed by atoms with Gasteiger partial charge in [0.15, 0.2) is 0 Å². The zero-order valence-electron chi connectivity index (χ0n) is 15.0. The molecular weight excluding hydrogens is 357 g/mol. The maximum Gasteiger partial charge on any atom is 0.229 e. The Morgan fingerprint density at radius 3 is 2.50 bits per heavy atom. The van der Waals surface area contributed by atoms with Crippen molar-refractivity contribution < 1.29 is 14.0 Å². The normalized spacial score (nSPS) is 15.9. The van der Waals surface area contributed by atoms with Crippen molar-refractivity contribution in [3.8, 4) is 17.2 Å². The summed E-state index contributed by atoms with van der Waals surface area (Å²) in [6.45, 7) is 0.204. The molecule has 0 saturated carbocycles. The number of pyridine rings is 1. The van der Waals surface area contributed by atoms with Gasteiger partial charge in [0.05, 0.1) is 11.9 Å². The predicted octanol–water partition coefficient (Wildman–Crippen LogP) is 1.80. The van der Waals surface area contributed by atoms with E-state index >= 15 is 0 Å². The predicted molar refractivity (Wildman–Crippen MR) is 101 cm³/mol. The van der Waals surface area contributed by atoms with Crippen molar-refractivity contribution in [2.75, 3.05) is 6.54 Å². The van der Waals surface area contributed by atoms with Gasteiger partial charge in [0.2, 0.25) is 11.8 Å². The van der Waals surface area contributed by atoms with Crippen LogP contribution in [0.1, 0.15) is 25.0 Å². The third kappa shape index (κ3) is 3.35. The van der Waals surface area contributed by atoms with Crippen molar-refractivity contribution >= 4 is 24.0 Å². The van der Waals surface area contributed by atoms with Crippen molar-refractivity contribution in [2.24, 2.45) is 0 Å². The maximum absolute atomic E-state index is 13.3. The second-order valence-corrected chi connectivity index (χ2v) is 6.71. The molecule has 1 aliphatic heterocycles. The fraction of sp³-hybridized carbons (Fsp3) is 0.182. The molecule has 5 nitrogen and oxygen atoms in total. The van der Waals surface area contributed by atoms with Gasteiger partial charge in [0.1, 0.15) is 17.6 Å². The van der Waals surface area contributed by atoms with Crippen LogP contribution >= 0.6 is 0 Å². The second kappa shape index (κ2) is 7.20. The van der Waals surface area contributed by atoms with E-state index in [4.69, 9.17) is 0 Å². The lowest BCUT2D eigenvalue weighted by molar-refractivity contribution is -0.137. The fourth-order valence-corrected chi connectivity index (χ4v) is 3.48. The Labute approximate surface area is 160 Å². The molecule has 1 aliphatic carbocycles. The van der Waals surface area contributed by atoms with Gasteiger partial charge < -0.3 is 0 Å². The van der Waals surface area contributed by atoms with E-state index in [0.29, 0.717) is 11.8 Å². The summed E-state index contributed by atoms with van der Waals surface area (Å²) >= 11 is 0. The first-order valence-corrected chi connectivity index (χ1v) is 8.96. The summed E-state index contributed by atoms with van der Waals surface area (Å²) in [6, 6.07) is 9.84. The lowest BCUT2D eigenvalue weighted by atomic mass is 10.0. The summed E-state index contributed by atoms with van der Waals surface area (Å²) in [5, 5.41) is 10.8. The quantitative estimate of drug-likeness (QED) is 0.769. The van der Waals surface area contributed by atoms with Crippen molar-refractivity contribution in [3.63, 3.8) is 0 Å². The summed E-state index contributed by atoms with van der Waals surface area (Å²) in [5.41, 5.74) is 2.62. The molecular formula is C22H16FN3O2. The number of halogens is 1. The van der Waals surface area contributed by atoms with Gasteiger partial charge in [0, 0.05) is 18.1 Å². The van der Waals surface area contributed by atoms with E-state index in [0.717, 1.165) is 21.9 Å². The van der Waals surface area contributed by atoms with Gasteiger partial charge in [0.25, 0.3) is 0 Å². The number of imide groups is 1. The molecule has 2 aromatic rings. The minimum absolute atomic E-state index is 0.168. The van der Waals surface area contributed by atoms with Crippen molar-refractivity contribution in [1.29, 1.82) is 5.26 Å². The van der Waals surface area contributed by atoms with Crippen molar-refractivity contribution in [3.05, 3.63) is 64.1 Å². The molecule has 4 rings (SSSR count). The summed E-state index contributed by atoms with van der Waals surface area (Å²) in [4.78, 5) is 29.5. The number of rotatable bonds is 3. The Kier molecular flexibility index (Phi) is 4.58. The summed E-state index contributed by atoms with van der Waals surface area (Å²) in [7, 11) is 0. The minimum atomic E-state index is -0.330. The number of nitriles is 1. The van der Waals surface area contributed by atoms with Crippen LogP contribution in [0.3, 0.4) is 0 Å². The number of carbonyl (C=O) groups excluding carboxylic acids is 2. The molecule has 6 heteroatoms. The third-order valence-electron chi connectivity index (χ3n) is 4.88. The summed E-state index contributed by atoms with van der Waals surface area (Å²) in [5.74, 6) is -0.666. The first kappa shape index (κ1) is 17.8. The number of hydrogen-bond donors (Lipinski definition) is 0. The van der Waals surface area contributed by atoms with E-state index in [1.165, 1.54) is 17.0 Å². The van der Waals surface area contributed by atoms with Crippen LogP contribution in [0.15, 0.2) is 42.0 Å². The zero-order chi connectivity index (χ0) is 19.7. The molecule has 0 unspecified atom stereocenters. The monoisotopic (exact) mass is 373 g/mol. The molecule has 1 fully saturated rings. The van der Waals surface area contributed by atoms with Gasteiger partial charge in [-0.15, -0.1) is 0 Å². The number of nitrogens with zero attached hydrogens (tertiary/aromatic N) is 3. The molecule has 0 bridgehead atoms. The fourth-order valence-electron chi connectivity index (χ4n) is 3.48. The molecule has 28 heavy (non-hydrogen) atoms. The van der Waals surface area contributed by atoms with E-state index < -0.39 is 0 Å². The molecule has 1 saturated heterocycles. The van der Waals surface area contributed by atoms with Crippen LogP contribution in [-0.4, -0.2) is 28.2 Å². The summed E-state index contributed by atoms with van der Waals surface area (Å²) < 4.78 is 13.3. The van der Waals surface area contributed by atoms with E-state index in [1.807, 2.05) is 18.2 Å². The van der Waals surface area contributed by atoms with E-state index in [9.17, 15) is 19.2 Å². The molecule has 1 aromatic heterocycles. The topological polar surface area (TPSA) is 74.1 Å². The Bertz CT molecular complexity index is 1160. The number of fused-ring (bicyclic) bond motifs is 1. The van der Waals surface area contributed by atoms with Gasteiger partial charge in [-0.1, -0.05) is 24.3 Å². The van der Waals surface area contributed by atoms with Crippen molar-refractivity contribution in [2.45, 2.75) is 19.3 Å². The van der Waals surface area contributed by atoms with Crippen LogP contribution in [-0.2, 0) is 9.59 Å². The number of aromatic nitrogens is 1. The smallest absolute Gasteiger partial charge is 0.229 e. The lowest BCUT2D eigenvalue weighted by Crippen LogP contribution is -2.33. The highest BCUT2D eigenvalue weighted by molar-refractivity contribution is 6.02. The number of carbonyl (C=O) groups is 2. The molecule has 0 spiro atoms. The van der Waals surface area contributed by atoms with Gasteiger partial charge >= 0.3 is 0 Å². The van der Waals surface area contributed by atoms with Gasteiger partial charge in [-0.25, -0.2) is 9.37 Å². The Balaban J connectivity index is 1.81. The zero-order valence-corrected chi connectivity index (χ0v) is 15.0. The van der Waals surface area contributed by atoms with Gasteiger partial charge in [-0.2, -0.15) is 5.26 Å². The number of amides is 2. The summed E-state index contributed by atoms with van der Waals surface area (Å²) in [6.07, 6.45) is 6.84. The van der Waals surface area contributed by atoms with Crippen LogP contribution in [0.25, 0.3) is 23.3 Å². The average molecular weight is 373 g/mol. The van der Waals surface area contributed by atoms with Crippen LogP contribution in [0, 0.1) is 17.1 Å². The molecule has 2 heterocycles. The van der Waals surface area contributed by atoms with Crippen LogP contribution < -0.4 is 10.6 Å². The van der Waals surface area contributed by atoms with Crippen LogP contribution in [0.4, 0.5) is 4.39 Å². The molecule has 1 aromatic carbocycles. The van der Waals surface area contributed by atoms with Crippen LogP contribution in [0.5, 0.6) is 0 Å². The van der Waals surface area contributed by atoms with Crippen LogP contribution in [0.2, 0.25) is 0 Å². The van der Waals surface area contributed by atoms with E-state index in [-0.39, 0.29) is 42.7 Å². The Morgan fingerprint density at radius 1 is 1.11 bits per heavy atom. The molecule has 2 amide bonds. The molecule has 0 N–H and O–H groups in total. The Morgan fingerprint density at radius 2 is 1.82 bits per heavy atom. The lowest BCUT2D eigenvalue weighted by Gasteiger charge is -2.14. The number of likely N-dealkylation sites (tertiary alicyclic amines) is 1. The Hall–Kier alpha value is -3.59. The maximum atomic E-state index is 13.3. The average Bonchev–Trinajstić information content (AvgIpc) is 2.90. The number of allylic oxidation sites excluding steroid dienone is 1. The number of benzene rings is 1. The highest BCUT2D eigenvalue weighted by Gasteiger charge is 2.29. The van der Waals surface area contributed by atoms with Gasteiger partial charge in [-0.3, -0.25) is 14.5 Å². The number of hydrogen-bond acceptors (Lipinski definition) is 4. The van der Waals surface area contributed by atoms with Crippen molar-refractivity contribution in [1.82, 2.24) is 9.88 Å². The van der Waals surface area contributed by atoms with E-state index in [1.54, 1.807) is 18.2 Å². The highest BCUT2D eigenvalue weighted by atomic mass is 19.1. The first-order valence-electron chi connectivity index (χ1n) is 8.96. The minimum Gasteiger partial charge on any atom is -0.278 e. The van der Waals surface area contributed by atoms with E-state index in [2.05, 4.69) is 11.1 Å². The largest absolute Gasteiger partial charge is 0.278 e. The molecule has 2 aliphatic rings. The molecule has 138 valence electrons. The standard InChI is InChI=1S/C22H16FN3O2/c23-16-6-4-15(5-7-16)19-11-17(12-24)25-20-10-14(2-1-3-18(19)20)13-26-21(27)8-9-22(26)28/h2-7,10-11H,1,8-9,13H2.